The van der Waals surface area contributed by atoms with Crippen LogP contribution >= 0.6 is 0 Å². The first kappa shape index (κ1) is 15.9. The van der Waals surface area contributed by atoms with E-state index in [0.29, 0.717) is 17.9 Å². The molecule has 1 N–H and O–H groups in total. The van der Waals surface area contributed by atoms with E-state index in [0.717, 1.165) is 16.9 Å². The molecule has 0 spiro atoms. The van der Waals surface area contributed by atoms with Crippen molar-refractivity contribution in [2.45, 2.75) is 6.54 Å². The number of hydrogen-bond donors (Lipinski definition) is 1. The predicted octanol–water partition coefficient (Wildman–Crippen LogP) is 4.06. The van der Waals surface area contributed by atoms with Crippen LogP contribution in [0.15, 0.2) is 89.9 Å². The molecule has 0 unspecified atom stereocenters. The second-order valence-corrected chi connectivity index (χ2v) is 5.81. The summed E-state index contributed by atoms with van der Waals surface area (Å²) in [6.45, 7) is 0.377. The van der Waals surface area contributed by atoms with Gasteiger partial charge < -0.3 is 14.3 Å². The van der Waals surface area contributed by atoms with Crippen LogP contribution in [0.25, 0.3) is 17.1 Å². The number of nitrogens with one attached hydrogen (secondary N) is 1. The number of rotatable bonds is 5. The summed E-state index contributed by atoms with van der Waals surface area (Å²) in [5.41, 5.74) is 3.27. The van der Waals surface area contributed by atoms with Crippen molar-refractivity contribution in [2.75, 3.05) is 0 Å². The van der Waals surface area contributed by atoms with Crippen LogP contribution in [0.3, 0.4) is 0 Å². The van der Waals surface area contributed by atoms with E-state index in [1.54, 1.807) is 12.5 Å². The Hall–Kier alpha value is -3.60. The molecule has 0 bridgehead atoms. The molecular formula is C21H17N3O2. The molecule has 5 heteroatoms. The minimum Gasteiger partial charge on any atom is -0.463 e. The second kappa shape index (κ2) is 7.11. The number of pyridine rings is 1. The molecule has 0 aliphatic carbocycles. The minimum atomic E-state index is -0.127. The summed E-state index contributed by atoms with van der Waals surface area (Å²) in [5, 5.41) is 2.94. The lowest BCUT2D eigenvalue weighted by Crippen LogP contribution is -2.23. The van der Waals surface area contributed by atoms with Crippen molar-refractivity contribution in [3.63, 3.8) is 0 Å². The summed E-state index contributed by atoms with van der Waals surface area (Å²) in [6.07, 6.45) is 7.25. The molecule has 4 aromatic rings. The Kier molecular flexibility index (Phi) is 4.35. The lowest BCUT2D eigenvalue weighted by atomic mass is 10.1. The quantitative estimate of drug-likeness (QED) is 0.594. The number of hydrogen-bond acceptors (Lipinski definition) is 3. The van der Waals surface area contributed by atoms with Gasteiger partial charge in [0.2, 0.25) is 0 Å². The summed E-state index contributed by atoms with van der Waals surface area (Å²) >= 11 is 0. The van der Waals surface area contributed by atoms with Gasteiger partial charge in [-0.2, -0.15) is 0 Å². The number of amides is 1. The van der Waals surface area contributed by atoms with Crippen LogP contribution in [0.2, 0.25) is 0 Å². The molecule has 0 atom stereocenters. The molecule has 0 aliphatic heterocycles. The molecule has 5 nitrogen and oxygen atoms in total. The number of carbonyl (C=O) groups excluding carboxylic acids is 1. The number of benzene rings is 1. The van der Waals surface area contributed by atoms with E-state index in [1.165, 1.54) is 0 Å². The lowest BCUT2D eigenvalue weighted by molar-refractivity contribution is 0.0951. The van der Waals surface area contributed by atoms with Crippen molar-refractivity contribution in [1.29, 1.82) is 0 Å². The number of nitrogens with zero attached hydrogens (tertiary/aromatic N) is 2. The largest absolute Gasteiger partial charge is 0.463 e. The van der Waals surface area contributed by atoms with Gasteiger partial charge in [-0.15, -0.1) is 0 Å². The Labute approximate surface area is 150 Å². The van der Waals surface area contributed by atoms with Crippen molar-refractivity contribution >= 4 is 5.91 Å². The molecule has 1 amide bonds. The Bertz CT molecular complexity index is 988. The van der Waals surface area contributed by atoms with E-state index in [4.69, 9.17) is 4.42 Å². The monoisotopic (exact) mass is 343 g/mol. The summed E-state index contributed by atoms with van der Waals surface area (Å²) < 4.78 is 7.42. The zero-order valence-electron chi connectivity index (χ0n) is 14.0. The number of furan rings is 1. The fraction of sp³-hybridized carbons (Fsp3) is 0.0476. The van der Waals surface area contributed by atoms with Gasteiger partial charge in [-0.25, -0.2) is 0 Å². The predicted molar refractivity (Wildman–Crippen MR) is 98.9 cm³/mol. The summed E-state index contributed by atoms with van der Waals surface area (Å²) in [7, 11) is 0. The van der Waals surface area contributed by atoms with Gasteiger partial charge in [-0.1, -0.05) is 6.07 Å². The average molecular weight is 343 g/mol. The molecule has 128 valence electrons. The highest BCUT2D eigenvalue weighted by atomic mass is 16.3. The highest BCUT2D eigenvalue weighted by Gasteiger charge is 2.11. The van der Waals surface area contributed by atoms with Crippen molar-refractivity contribution in [3.05, 3.63) is 96.6 Å². The molecule has 1 aromatic carbocycles. The SMILES string of the molecule is O=C(NCc1cccnc1-c1ccco1)c1ccc(-n2cccc2)cc1. The van der Waals surface area contributed by atoms with E-state index >= 15 is 0 Å². The molecule has 0 fully saturated rings. The summed E-state index contributed by atoms with van der Waals surface area (Å²) in [6, 6.07) is 18.9. The molecule has 4 rings (SSSR count). The van der Waals surface area contributed by atoms with Crippen LogP contribution in [-0.4, -0.2) is 15.5 Å². The van der Waals surface area contributed by atoms with Crippen molar-refractivity contribution in [3.8, 4) is 17.1 Å². The van der Waals surface area contributed by atoms with Gasteiger partial charge in [-0.05, 0) is 54.6 Å². The standard InChI is InChI=1S/C21H17N3O2/c25-21(16-7-9-18(10-8-16)24-12-1-2-13-24)23-15-17-5-3-11-22-20(17)19-6-4-14-26-19/h1-14H,15H2,(H,23,25). The first-order valence-corrected chi connectivity index (χ1v) is 8.30. The minimum absolute atomic E-state index is 0.127. The zero-order valence-corrected chi connectivity index (χ0v) is 14.0. The Balaban J connectivity index is 1.46. The van der Waals surface area contributed by atoms with E-state index in [1.807, 2.05) is 77.6 Å². The Morgan fingerprint density at radius 2 is 1.81 bits per heavy atom. The number of carbonyl (C=O) groups is 1. The zero-order chi connectivity index (χ0) is 17.8. The van der Waals surface area contributed by atoms with Gasteiger partial charge in [0, 0.05) is 41.9 Å². The van der Waals surface area contributed by atoms with E-state index in [-0.39, 0.29) is 5.91 Å². The van der Waals surface area contributed by atoms with Crippen LogP contribution in [0.5, 0.6) is 0 Å². The average Bonchev–Trinajstić information content (AvgIpc) is 3.40. The molecule has 0 saturated heterocycles. The molecule has 0 saturated carbocycles. The van der Waals surface area contributed by atoms with Gasteiger partial charge in [0.15, 0.2) is 5.76 Å². The summed E-state index contributed by atoms with van der Waals surface area (Å²) in [4.78, 5) is 16.8. The molecule has 0 radical (unpaired) electrons. The maximum absolute atomic E-state index is 12.5. The highest BCUT2D eigenvalue weighted by molar-refractivity contribution is 5.94. The third-order valence-electron chi connectivity index (χ3n) is 4.12. The molecule has 26 heavy (non-hydrogen) atoms. The normalized spacial score (nSPS) is 10.6. The first-order chi connectivity index (χ1) is 12.8. The van der Waals surface area contributed by atoms with Gasteiger partial charge >= 0.3 is 0 Å². The van der Waals surface area contributed by atoms with Crippen LogP contribution in [-0.2, 0) is 6.54 Å². The smallest absolute Gasteiger partial charge is 0.251 e. The maximum Gasteiger partial charge on any atom is 0.251 e. The van der Waals surface area contributed by atoms with Crippen LogP contribution in [0, 0.1) is 0 Å². The van der Waals surface area contributed by atoms with Gasteiger partial charge in [0.25, 0.3) is 5.91 Å². The van der Waals surface area contributed by atoms with E-state index in [9.17, 15) is 4.79 Å². The number of aromatic nitrogens is 2. The first-order valence-electron chi connectivity index (χ1n) is 8.30. The fourth-order valence-electron chi connectivity index (χ4n) is 2.79. The summed E-state index contributed by atoms with van der Waals surface area (Å²) in [5.74, 6) is 0.559. The van der Waals surface area contributed by atoms with Crippen molar-refractivity contribution < 1.29 is 9.21 Å². The van der Waals surface area contributed by atoms with E-state index in [2.05, 4.69) is 10.3 Å². The van der Waals surface area contributed by atoms with Crippen LogP contribution in [0.1, 0.15) is 15.9 Å². The fourth-order valence-corrected chi connectivity index (χ4v) is 2.79. The van der Waals surface area contributed by atoms with Crippen molar-refractivity contribution in [2.24, 2.45) is 0 Å². The molecule has 3 aromatic heterocycles. The van der Waals surface area contributed by atoms with Crippen molar-refractivity contribution in [1.82, 2.24) is 14.9 Å². The van der Waals surface area contributed by atoms with Crippen LogP contribution < -0.4 is 5.32 Å². The lowest BCUT2D eigenvalue weighted by Gasteiger charge is -2.09. The second-order valence-electron chi connectivity index (χ2n) is 5.81. The maximum atomic E-state index is 12.5. The topological polar surface area (TPSA) is 60.1 Å². The van der Waals surface area contributed by atoms with Crippen LogP contribution in [0.4, 0.5) is 0 Å². The Morgan fingerprint density at radius 3 is 2.54 bits per heavy atom. The highest BCUT2D eigenvalue weighted by Crippen LogP contribution is 2.21. The molecular weight excluding hydrogens is 326 g/mol. The molecule has 3 heterocycles. The third kappa shape index (κ3) is 3.28. The van der Waals surface area contributed by atoms with Gasteiger partial charge in [0.1, 0.15) is 5.69 Å². The van der Waals surface area contributed by atoms with Gasteiger partial charge in [0.05, 0.1) is 6.26 Å². The van der Waals surface area contributed by atoms with Gasteiger partial charge in [-0.3, -0.25) is 9.78 Å². The third-order valence-corrected chi connectivity index (χ3v) is 4.12. The Morgan fingerprint density at radius 1 is 1.00 bits per heavy atom. The molecule has 0 aliphatic rings. The van der Waals surface area contributed by atoms with E-state index < -0.39 is 0 Å².